The van der Waals surface area contributed by atoms with Gasteiger partial charge in [0.05, 0.1) is 0 Å². The lowest BCUT2D eigenvalue weighted by atomic mass is 9.76. The van der Waals surface area contributed by atoms with E-state index in [4.69, 9.17) is 0 Å². The van der Waals surface area contributed by atoms with E-state index in [9.17, 15) is 0 Å². The Bertz CT molecular complexity index is 371. The van der Waals surface area contributed by atoms with Gasteiger partial charge in [0, 0.05) is 40.3 Å². The monoisotopic (exact) mass is 400 g/mol. The molecule has 0 N–H and O–H groups in total. The van der Waals surface area contributed by atoms with Crippen molar-refractivity contribution in [3.8, 4) is 0 Å². The van der Waals surface area contributed by atoms with Crippen LogP contribution in [-0.2, 0) is 0 Å². The van der Waals surface area contributed by atoms with E-state index in [1.165, 1.54) is 33.5 Å². The third kappa shape index (κ3) is 2.68. The second-order valence-electron chi connectivity index (χ2n) is 6.21. The maximum atomic E-state index is 2.63. The number of hydrogen-bond acceptors (Lipinski definition) is 1. The van der Waals surface area contributed by atoms with Gasteiger partial charge >= 0.3 is 0 Å². The van der Waals surface area contributed by atoms with Crippen LogP contribution in [0.5, 0.6) is 0 Å². The molecule has 1 aliphatic heterocycles. The Kier molecular flexibility index (Phi) is 4.81. The van der Waals surface area contributed by atoms with Crippen LogP contribution in [0, 0.1) is 91.3 Å². The molecule has 111 valence electrons. The van der Waals surface area contributed by atoms with Crippen molar-refractivity contribution in [3.63, 3.8) is 0 Å². The van der Waals surface area contributed by atoms with Crippen LogP contribution in [0.2, 0.25) is 0 Å². The van der Waals surface area contributed by atoms with Gasteiger partial charge in [-0.05, 0) is 83.5 Å². The van der Waals surface area contributed by atoms with Crippen LogP contribution in [0.3, 0.4) is 0 Å². The normalized spacial score (nSPS) is 37.8. The zero-order chi connectivity index (χ0) is 15.3. The summed E-state index contributed by atoms with van der Waals surface area (Å²) in [6.45, 7) is 5.69. The first-order valence-corrected chi connectivity index (χ1v) is 8.92. The van der Waals surface area contributed by atoms with E-state index >= 15 is 0 Å². The van der Waals surface area contributed by atoms with E-state index in [2.05, 4.69) is 99.1 Å². The zero-order valence-corrected chi connectivity index (χ0v) is 15.0. The molecule has 3 aliphatic carbocycles. The predicted octanol–water partition coefficient (Wildman–Crippen LogP) is 3.80. The second kappa shape index (κ2) is 6.54. The van der Waals surface area contributed by atoms with Crippen molar-refractivity contribution in [2.24, 2.45) is 0 Å². The molecule has 0 aromatic carbocycles. The van der Waals surface area contributed by atoms with Crippen molar-refractivity contribution in [3.05, 3.63) is 91.3 Å². The van der Waals surface area contributed by atoms with Crippen molar-refractivity contribution in [1.82, 2.24) is 4.90 Å². The van der Waals surface area contributed by atoms with Crippen molar-refractivity contribution >= 4 is 22.6 Å². The second-order valence-corrected chi connectivity index (χ2v) is 7.38. The minimum Gasteiger partial charge on any atom is -0.296 e. The number of halogens is 1. The molecule has 22 heavy (non-hydrogen) atoms. The fraction of sp³-hybridized carbons (Fsp3) is 0.250. The largest absolute Gasteiger partial charge is 0.296 e. The molecule has 4 aliphatic rings. The quantitative estimate of drug-likeness (QED) is 0.638. The van der Waals surface area contributed by atoms with Crippen molar-refractivity contribution in [1.29, 1.82) is 0 Å². The fourth-order valence-electron chi connectivity index (χ4n) is 3.81. The standard InChI is InChI=1S/C20H19IN/c1-13-16-7-4-9-18(16)19-10-5-8-17(19)14(2)22(13)12-15-6-3-11-20(15)21/h3-11,13-14H,12H2,1-2H3/t13-,14-/m0/s1. The van der Waals surface area contributed by atoms with E-state index < -0.39 is 0 Å². The van der Waals surface area contributed by atoms with Gasteiger partial charge in [-0.1, -0.05) is 22.6 Å². The molecular formula is C20H19IN. The molecule has 2 atom stereocenters. The van der Waals surface area contributed by atoms with Crippen LogP contribution in [0.1, 0.15) is 13.8 Å². The molecule has 2 heteroatoms. The average molecular weight is 400 g/mol. The summed E-state index contributed by atoms with van der Waals surface area (Å²) in [5.74, 6) is 7.18. The topological polar surface area (TPSA) is 3.24 Å². The van der Waals surface area contributed by atoms with Crippen LogP contribution in [0.4, 0.5) is 0 Å². The van der Waals surface area contributed by atoms with Gasteiger partial charge in [-0.15, -0.1) is 0 Å². The third-order valence-corrected chi connectivity index (χ3v) is 6.14. The van der Waals surface area contributed by atoms with Crippen LogP contribution in [0.25, 0.3) is 0 Å². The molecule has 1 saturated heterocycles. The fourth-order valence-corrected chi connectivity index (χ4v) is 4.37. The van der Waals surface area contributed by atoms with Crippen LogP contribution in [-0.4, -0.2) is 23.5 Å². The number of fused-ring (bicyclic) bond motifs is 3. The lowest BCUT2D eigenvalue weighted by Gasteiger charge is -2.39. The Morgan fingerprint density at radius 2 is 1.36 bits per heavy atom. The number of hydrogen-bond donors (Lipinski definition) is 0. The van der Waals surface area contributed by atoms with Gasteiger partial charge in [0.15, 0.2) is 0 Å². The molecular weight excluding hydrogens is 381 g/mol. The van der Waals surface area contributed by atoms with Crippen molar-refractivity contribution in [2.45, 2.75) is 25.9 Å². The summed E-state index contributed by atoms with van der Waals surface area (Å²) in [5, 5.41) is 0. The maximum Gasteiger partial charge on any atom is 0.0488 e. The van der Waals surface area contributed by atoms with Gasteiger partial charge in [-0.2, -0.15) is 0 Å². The summed E-state index contributed by atoms with van der Waals surface area (Å²) in [6, 6.07) is 0.858. The van der Waals surface area contributed by atoms with Crippen LogP contribution < -0.4 is 0 Å². The van der Waals surface area contributed by atoms with Gasteiger partial charge in [-0.3, -0.25) is 4.90 Å². The first-order valence-electron chi connectivity index (χ1n) is 7.84. The van der Waals surface area contributed by atoms with Crippen LogP contribution in [0.15, 0.2) is 0 Å². The predicted molar refractivity (Wildman–Crippen MR) is 97.8 cm³/mol. The Morgan fingerprint density at radius 1 is 0.818 bits per heavy atom. The lowest BCUT2D eigenvalue weighted by molar-refractivity contribution is 0.192. The molecule has 0 amide bonds. The van der Waals surface area contributed by atoms with Gasteiger partial charge in [0.2, 0.25) is 0 Å². The molecule has 0 aromatic heterocycles. The zero-order valence-electron chi connectivity index (χ0n) is 12.9. The Hall–Kier alpha value is 0.690. The third-order valence-electron chi connectivity index (χ3n) is 5.08. The van der Waals surface area contributed by atoms with Gasteiger partial charge in [0.25, 0.3) is 0 Å². The molecule has 15 radical (unpaired) electrons. The van der Waals surface area contributed by atoms with E-state index in [-0.39, 0.29) is 0 Å². The molecule has 4 rings (SSSR count). The highest BCUT2D eigenvalue weighted by Crippen LogP contribution is 2.56. The molecule has 3 saturated carbocycles. The summed E-state index contributed by atoms with van der Waals surface area (Å²) in [4.78, 5) is 2.63. The summed E-state index contributed by atoms with van der Waals surface area (Å²) in [5.41, 5.74) is 0. The Morgan fingerprint density at radius 3 is 1.86 bits per heavy atom. The molecule has 0 spiro atoms. The molecule has 1 heterocycles. The Balaban J connectivity index is 1.58. The molecule has 0 bridgehead atoms. The first kappa shape index (κ1) is 16.2. The molecule has 4 fully saturated rings. The number of likely N-dealkylation sites (tertiary alicyclic amines) is 1. The minimum atomic E-state index is 0.429. The highest BCUT2D eigenvalue weighted by molar-refractivity contribution is 14.1. The SMILES string of the molecule is C[C@H]1[C]2[CH][CH][CH][C]2[C]2[CH][CH][CH][C]2[C@H](C)N1C[C]1[CH][CH][CH][C]1I. The number of nitrogens with zero attached hydrogens (tertiary/aromatic N) is 1. The van der Waals surface area contributed by atoms with E-state index in [0.29, 0.717) is 12.1 Å². The average Bonchev–Trinajstić information content (AvgIpc) is 3.22. The highest BCUT2D eigenvalue weighted by Gasteiger charge is 2.51. The van der Waals surface area contributed by atoms with Gasteiger partial charge in [-0.25, -0.2) is 0 Å². The maximum absolute atomic E-state index is 2.63. The minimum absolute atomic E-state index is 0.429. The van der Waals surface area contributed by atoms with E-state index in [0.717, 1.165) is 6.54 Å². The van der Waals surface area contributed by atoms with Gasteiger partial charge in [0.1, 0.15) is 0 Å². The summed E-state index contributed by atoms with van der Waals surface area (Å²) >= 11 is 2.45. The summed E-state index contributed by atoms with van der Waals surface area (Å²) in [7, 11) is 0. The first-order chi connectivity index (χ1) is 10.7. The highest BCUT2D eigenvalue weighted by atomic mass is 127. The van der Waals surface area contributed by atoms with Crippen molar-refractivity contribution in [2.75, 3.05) is 6.54 Å². The molecule has 0 unspecified atom stereocenters. The van der Waals surface area contributed by atoms with Crippen molar-refractivity contribution < 1.29 is 0 Å². The van der Waals surface area contributed by atoms with Crippen LogP contribution >= 0.6 is 22.6 Å². The Labute approximate surface area is 151 Å². The summed E-state index contributed by atoms with van der Waals surface area (Å²) < 4.78 is 1.37. The summed E-state index contributed by atoms with van der Waals surface area (Å²) in [6.07, 6.45) is 20.1. The number of rotatable bonds is 2. The van der Waals surface area contributed by atoms with E-state index in [1.54, 1.807) is 0 Å². The smallest absolute Gasteiger partial charge is 0.0488 e. The molecule has 0 aromatic rings. The lowest BCUT2D eigenvalue weighted by Crippen LogP contribution is -2.46. The molecule has 1 nitrogen and oxygen atoms in total. The van der Waals surface area contributed by atoms with E-state index in [1.807, 2.05) is 0 Å². The van der Waals surface area contributed by atoms with Gasteiger partial charge < -0.3 is 0 Å².